The van der Waals surface area contributed by atoms with Crippen LogP contribution < -0.4 is 5.32 Å². The van der Waals surface area contributed by atoms with Crippen molar-refractivity contribution in [2.24, 2.45) is 0 Å². The predicted octanol–water partition coefficient (Wildman–Crippen LogP) is 2.34. The maximum atomic E-state index is 9.66. The van der Waals surface area contributed by atoms with Gasteiger partial charge in [-0.1, -0.05) is 12.1 Å². The fraction of sp³-hybridized carbons (Fsp3) is 0.214. The number of benzene rings is 1. The van der Waals surface area contributed by atoms with Gasteiger partial charge >= 0.3 is 0 Å². The van der Waals surface area contributed by atoms with Crippen LogP contribution in [0.25, 0.3) is 0 Å². The zero-order valence-corrected chi connectivity index (χ0v) is 10.2. The Kier molecular flexibility index (Phi) is 3.79. The van der Waals surface area contributed by atoms with Crippen molar-refractivity contribution in [2.45, 2.75) is 19.5 Å². The summed E-state index contributed by atoms with van der Waals surface area (Å²) in [5.74, 6) is 0.157. The summed E-state index contributed by atoms with van der Waals surface area (Å²) in [4.78, 5) is 4.26. The van der Waals surface area contributed by atoms with Gasteiger partial charge in [0.2, 0.25) is 0 Å². The molecule has 4 heteroatoms. The van der Waals surface area contributed by atoms with Gasteiger partial charge in [0.25, 0.3) is 0 Å². The zero-order valence-electron chi connectivity index (χ0n) is 10.2. The Hall–Kier alpha value is -2.07. The minimum atomic E-state index is 0.0639. The summed E-state index contributed by atoms with van der Waals surface area (Å²) in [5, 5.41) is 22.1. The average molecular weight is 244 g/mol. The highest BCUT2D eigenvalue weighted by molar-refractivity contribution is 5.38. The third kappa shape index (κ3) is 2.99. The second-order valence-corrected chi connectivity index (χ2v) is 4.17. The van der Waals surface area contributed by atoms with E-state index in [-0.39, 0.29) is 17.5 Å². The van der Waals surface area contributed by atoms with E-state index in [1.807, 2.05) is 25.1 Å². The lowest BCUT2D eigenvalue weighted by Gasteiger charge is -2.13. The molecule has 0 aliphatic carbocycles. The number of phenolic OH excluding ortho intramolecular Hbond substituents is 2. The van der Waals surface area contributed by atoms with E-state index in [1.165, 1.54) is 6.07 Å². The molecule has 18 heavy (non-hydrogen) atoms. The largest absolute Gasteiger partial charge is 0.508 e. The Labute approximate surface area is 106 Å². The molecule has 0 saturated carbocycles. The zero-order chi connectivity index (χ0) is 13.0. The van der Waals surface area contributed by atoms with Crippen molar-refractivity contribution >= 4 is 0 Å². The SMILES string of the molecule is C[C@@H](NCc1ccc(O)cc1O)c1ccccn1. The first kappa shape index (κ1) is 12.4. The van der Waals surface area contributed by atoms with Crippen molar-refractivity contribution in [3.05, 3.63) is 53.9 Å². The Balaban J connectivity index is 1.99. The highest BCUT2D eigenvalue weighted by atomic mass is 16.3. The van der Waals surface area contributed by atoms with Crippen LogP contribution in [0.3, 0.4) is 0 Å². The van der Waals surface area contributed by atoms with E-state index in [0.29, 0.717) is 6.54 Å². The van der Waals surface area contributed by atoms with Gasteiger partial charge in [0.15, 0.2) is 0 Å². The molecule has 0 unspecified atom stereocenters. The van der Waals surface area contributed by atoms with Crippen LogP contribution in [0.2, 0.25) is 0 Å². The summed E-state index contributed by atoms with van der Waals surface area (Å²) in [6.45, 7) is 2.53. The second kappa shape index (κ2) is 5.51. The molecule has 1 aromatic heterocycles. The normalized spacial score (nSPS) is 12.3. The van der Waals surface area contributed by atoms with Crippen LogP contribution in [0.15, 0.2) is 42.6 Å². The lowest BCUT2D eigenvalue weighted by molar-refractivity contribution is 0.441. The summed E-state index contributed by atoms with van der Waals surface area (Å²) < 4.78 is 0. The Morgan fingerprint density at radius 3 is 2.72 bits per heavy atom. The minimum Gasteiger partial charge on any atom is -0.508 e. The molecule has 0 bridgehead atoms. The van der Waals surface area contributed by atoms with Crippen molar-refractivity contribution in [3.63, 3.8) is 0 Å². The number of nitrogens with zero attached hydrogens (tertiary/aromatic N) is 1. The highest BCUT2D eigenvalue weighted by Gasteiger charge is 2.07. The lowest BCUT2D eigenvalue weighted by atomic mass is 10.1. The standard InChI is InChI=1S/C14H16N2O2/c1-10(13-4-2-3-7-15-13)16-9-11-5-6-12(17)8-14(11)18/h2-8,10,16-18H,9H2,1H3/t10-/m1/s1. The van der Waals surface area contributed by atoms with Crippen molar-refractivity contribution in [1.29, 1.82) is 0 Å². The van der Waals surface area contributed by atoms with Gasteiger partial charge in [-0.15, -0.1) is 0 Å². The predicted molar refractivity (Wildman–Crippen MR) is 69.3 cm³/mol. The Morgan fingerprint density at radius 1 is 1.22 bits per heavy atom. The molecule has 0 amide bonds. The monoisotopic (exact) mass is 244 g/mol. The summed E-state index contributed by atoms with van der Waals surface area (Å²) in [6, 6.07) is 10.5. The molecule has 0 saturated heterocycles. The van der Waals surface area contributed by atoms with Crippen molar-refractivity contribution in [3.8, 4) is 11.5 Å². The highest BCUT2D eigenvalue weighted by Crippen LogP contribution is 2.23. The number of nitrogens with one attached hydrogen (secondary N) is 1. The van der Waals surface area contributed by atoms with Gasteiger partial charge in [-0.05, 0) is 25.1 Å². The summed E-state index contributed by atoms with van der Waals surface area (Å²) in [6.07, 6.45) is 1.76. The molecule has 94 valence electrons. The third-order valence-corrected chi connectivity index (χ3v) is 2.80. The molecule has 0 aliphatic rings. The number of rotatable bonds is 4. The first-order valence-electron chi connectivity index (χ1n) is 5.82. The number of aromatic hydroxyl groups is 2. The van der Waals surface area contributed by atoms with E-state index < -0.39 is 0 Å². The Morgan fingerprint density at radius 2 is 2.06 bits per heavy atom. The van der Waals surface area contributed by atoms with Crippen LogP contribution >= 0.6 is 0 Å². The van der Waals surface area contributed by atoms with Gasteiger partial charge in [0.05, 0.1) is 5.69 Å². The number of phenols is 2. The maximum Gasteiger partial charge on any atom is 0.123 e. The molecule has 0 aliphatic heterocycles. The molecule has 1 atom stereocenters. The van der Waals surface area contributed by atoms with E-state index in [0.717, 1.165) is 11.3 Å². The van der Waals surface area contributed by atoms with Crippen LogP contribution in [-0.4, -0.2) is 15.2 Å². The van der Waals surface area contributed by atoms with Crippen LogP contribution in [0.1, 0.15) is 24.2 Å². The molecule has 3 N–H and O–H groups in total. The molecule has 0 fully saturated rings. The van der Waals surface area contributed by atoms with Crippen LogP contribution in [0.4, 0.5) is 0 Å². The first-order chi connectivity index (χ1) is 8.66. The molecule has 2 rings (SSSR count). The Bertz CT molecular complexity index is 514. The summed E-state index contributed by atoms with van der Waals surface area (Å²) >= 11 is 0. The molecule has 0 radical (unpaired) electrons. The molecule has 2 aromatic rings. The second-order valence-electron chi connectivity index (χ2n) is 4.17. The molecule has 0 spiro atoms. The molecule has 1 heterocycles. The lowest BCUT2D eigenvalue weighted by Crippen LogP contribution is -2.18. The van der Waals surface area contributed by atoms with E-state index in [1.54, 1.807) is 18.3 Å². The van der Waals surface area contributed by atoms with Gasteiger partial charge in [-0.2, -0.15) is 0 Å². The van der Waals surface area contributed by atoms with Crippen LogP contribution in [0, 0.1) is 0 Å². The van der Waals surface area contributed by atoms with Crippen LogP contribution in [-0.2, 0) is 6.54 Å². The van der Waals surface area contributed by atoms with Gasteiger partial charge < -0.3 is 15.5 Å². The molecule has 1 aromatic carbocycles. The third-order valence-electron chi connectivity index (χ3n) is 2.80. The molecule has 4 nitrogen and oxygen atoms in total. The van der Waals surface area contributed by atoms with Gasteiger partial charge in [0, 0.05) is 30.4 Å². The quantitative estimate of drug-likeness (QED) is 0.772. The van der Waals surface area contributed by atoms with E-state index >= 15 is 0 Å². The minimum absolute atomic E-state index is 0.0639. The van der Waals surface area contributed by atoms with Gasteiger partial charge in [-0.25, -0.2) is 0 Å². The smallest absolute Gasteiger partial charge is 0.123 e. The number of hydrogen-bond donors (Lipinski definition) is 3. The first-order valence-corrected chi connectivity index (χ1v) is 5.82. The van der Waals surface area contributed by atoms with Gasteiger partial charge in [-0.3, -0.25) is 4.98 Å². The fourth-order valence-electron chi connectivity index (χ4n) is 1.70. The molecular formula is C14H16N2O2. The maximum absolute atomic E-state index is 9.66. The van der Waals surface area contributed by atoms with E-state index in [4.69, 9.17) is 0 Å². The van der Waals surface area contributed by atoms with Crippen molar-refractivity contribution < 1.29 is 10.2 Å². The number of pyridine rings is 1. The van der Waals surface area contributed by atoms with E-state index in [9.17, 15) is 10.2 Å². The van der Waals surface area contributed by atoms with Crippen LogP contribution in [0.5, 0.6) is 11.5 Å². The average Bonchev–Trinajstić information content (AvgIpc) is 2.38. The number of hydrogen-bond acceptors (Lipinski definition) is 4. The molecular weight excluding hydrogens is 228 g/mol. The van der Waals surface area contributed by atoms with E-state index in [2.05, 4.69) is 10.3 Å². The van der Waals surface area contributed by atoms with Crippen molar-refractivity contribution in [1.82, 2.24) is 10.3 Å². The number of aromatic nitrogens is 1. The van der Waals surface area contributed by atoms with Crippen molar-refractivity contribution in [2.75, 3.05) is 0 Å². The fourth-order valence-corrected chi connectivity index (χ4v) is 1.70. The summed E-state index contributed by atoms with van der Waals surface area (Å²) in [5.41, 5.74) is 1.70. The van der Waals surface area contributed by atoms with Gasteiger partial charge in [0.1, 0.15) is 11.5 Å². The summed E-state index contributed by atoms with van der Waals surface area (Å²) in [7, 11) is 0. The topological polar surface area (TPSA) is 65.4 Å².